The molecule has 9 heteroatoms. The molecule has 0 aliphatic heterocycles. The first kappa shape index (κ1) is 32.6. The van der Waals surface area contributed by atoms with Crippen molar-refractivity contribution in [1.29, 1.82) is 0 Å². The molecule has 0 spiro atoms. The smallest absolute Gasteiger partial charge is 0.322 e. The molecule has 0 saturated carbocycles. The van der Waals surface area contributed by atoms with Crippen LogP contribution in [0.15, 0.2) is 35.2 Å². The van der Waals surface area contributed by atoms with E-state index in [1.807, 2.05) is 31.7 Å². The molecule has 0 heterocycles. The number of nitrogens with one attached hydrogen (secondary N) is 1. The lowest BCUT2D eigenvalue weighted by Crippen LogP contribution is -2.16. The summed E-state index contributed by atoms with van der Waals surface area (Å²) < 4.78 is 0. The van der Waals surface area contributed by atoms with Gasteiger partial charge in [0, 0.05) is 46.9 Å². The SMILES string of the molecule is CC.O=C(O)CNc1cc(SCCCO)c2ccc3c4c(ccc1c24)=C(SCCCO)CC3.OCCCS. The molecule has 0 unspecified atom stereocenters. The fourth-order valence-corrected chi connectivity index (χ4v) is 6.52. The van der Waals surface area contributed by atoms with E-state index in [1.54, 1.807) is 11.8 Å². The number of thiol groups is 1. The van der Waals surface area contributed by atoms with Crippen molar-refractivity contribution in [1.82, 2.24) is 0 Å². The van der Waals surface area contributed by atoms with Crippen LogP contribution in [0, 0.1) is 0 Å². The molecule has 1 aliphatic rings. The summed E-state index contributed by atoms with van der Waals surface area (Å²) in [5.41, 5.74) is 2.17. The number of thioether (sulfide) groups is 2. The van der Waals surface area contributed by atoms with Gasteiger partial charge in [0.25, 0.3) is 0 Å². The van der Waals surface area contributed by atoms with Gasteiger partial charge in [0.15, 0.2) is 0 Å². The van der Waals surface area contributed by atoms with E-state index >= 15 is 0 Å². The average Bonchev–Trinajstić information content (AvgIpc) is 2.94. The van der Waals surface area contributed by atoms with Crippen LogP contribution < -0.4 is 10.5 Å². The number of aliphatic hydroxyl groups is 3. The molecule has 38 heavy (non-hydrogen) atoms. The van der Waals surface area contributed by atoms with Gasteiger partial charge in [0.05, 0.1) is 0 Å². The topological polar surface area (TPSA) is 110 Å². The number of hydrogen-bond donors (Lipinski definition) is 6. The molecular formula is C29H41NO5S3. The van der Waals surface area contributed by atoms with Crippen LogP contribution in [0.25, 0.3) is 26.5 Å². The third-order valence-corrected chi connectivity index (χ3v) is 8.61. The Balaban J connectivity index is 0.000000651. The minimum absolute atomic E-state index is 0.132. The molecule has 6 nitrogen and oxygen atoms in total. The molecule has 3 aromatic rings. The number of benzene rings is 3. The summed E-state index contributed by atoms with van der Waals surface area (Å²) in [6.07, 6.45) is 4.31. The van der Waals surface area contributed by atoms with Crippen molar-refractivity contribution in [2.75, 3.05) is 48.9 Å². The normalized spacial score (nSPS) is 12.1. The van der Waals surface area contributed by atoms with Crippen molar-refractivity contribution in [3.05, 3.63) is 41.1 Å². The summed E-state index contributed by atoms with van der Waals surface area (Å²) in [6.45, 7) is 4.51. The van der Waals surface area contributed by atoms with Crippen molar-refractivity contribution in [2.24, 2.45) is 0 Å². The quantitative estimate of drug-likeness (QED) is 0.0934. The Morgan fingerprint density at radius 1 is 0.895 bits per heavy atom. The lowest BCUT2D eigenvalue weighted by Gasteiger charge is -2.22. The zero-order chi connectivity index (χ0) is 27.9. The van der Waals surface area contributed by atoms with Crippen LogP contribution in [0.1, 0.15) is 45.1 Å². The highest BCUT2D eigenvalue weighted by Crippen LogP contribution is 2.41. The molecule has 0 aromatic heterocycles. The summed E-state index contributed by atoms with van der Waals surface area (Å²) in [5.74, 6) is 1.61. The first-order chi connectivity index (χ1) is 18.5. The molecule has 1 aliphatic carbocycles. The van der Waals surface area contributed by atoms with E-state index in [-0.39, 0.29) is 26.4 Å². The van der Waals surface area contributed by atoms with Crippen LogP contribution in [-0.2, 0) is 11.2 Å². The lowest BCUT2D eigenvalue weighted by atomic mass is 9.89. The molecule has 0 radical (unpaired) electrons. The molecule has 0 amide bonds. The second-order valence-electron chi connectivity index (χ2n) is 8.43. The number of anilines is 1. The summed E-state index contributed by atoms with van der Waals surface area (Å²) in [4.78, 5) is 13.7. The van der Waals surface area contributed by atoms with E-state index in [2.05, 4.69) is 42.2 Å². The second kappa shape index (κ2) is 17.9. The Hall–Kier alpha value is -1.62. The van der Waals surface area contributed by atoms with Crippen molar-refractivity contribution in [3.63, 3.8) is 0 Å². The van der Waals surface area contributed by atoms with Crippen LogP contribution in [0.4, 0.5) is 5.69 Å². The van der Waals surface area contributed by atoms with Gasteiger partial charge < -0.3 is 25.7 Å². The van der Waals surface area contributed by atoms with Crippen molar-refractivity contribution in [3.8, 4) is 0 Å². The fourth-order valence-electron chi connectivity index (χ4n) is 4.27. The first-order valence-electron chi connectivity index (χ1n) is 13.2. The Morgan fingerprint density at radius 3 is 2.16 bits per heavy atom. The number of rotatable bonds is 13. The van der Waals surface area contributed by atoms with Crippen LogP contribution in [-0.4, -0.2) is 70.0 Å². The monoisotopic (exact) mass is 579 g/mol. The maximum Gasteiger partial charge on any atom is 0.322 e. The highest BCUT2D eigenvalue weighted by molar-refractivity contribution is 8.07. The molecular weight excluding hydrogens is 539 g/mol. The second-order valence-corrected chi connectivity index (χ2v) is 11.2. The van der Waals surface area contributed by atoms with Gasteiger partial charge in [0.2, 0.25) is 0 Å². The minimum atomic E-state index is -0.889. The highest BCUT2D eigenvalue weighted by Gasteiger charge is 2.19. The predicted molar refractivity (Wildman–Crippen MR) is 168 cm³/mol. The predicted octanol–water partition coefficient (Wildman–Crippen LogP) is 5.18. The standard InChI is InChI=1S/C24H27NO4S2.C3H8OS.C2H6/c26-9-1-11-30-20-8-4-15-3-5-18-21(31-12-2-10-27)13-19(25-14-22(28)29)16-6-7-17(20)23(15)24(16)18;4-2-1-3-5;1-2/h3,5-7,13,25-27H,1-2,4,8-12,14H2,(H,28,29);4-5H,1-3H2;1-2H3. The fraction of sp³-hybridized carbons (Fsp3) is 0.483. The number of aryl methyl sites for hydroxylation is 1. The van der Waals surface area contributed by atoms with E-state index in [1.165, 1.54) is 31.8 Å². The highest BCUT2D eigenvalue weighted by atomic mass is 32.2. The third-order valence-electron chi connectivity index (χ3n) is 5.88. The maximum atomic E-state index is 11.2. The lowest BCUT2D eigenvalue weighted by molar-refractivity contribution is -0.134. The van der Waals surface area contributed by atoms with Gasteiger partial charge in [-0.15, -0.1) is 23.5 Å². The Morgan fingerprint density at radius 2 is 1.55 bits per heavy atom. The number of carboxylic acid groups (broad SMARTS) is 1. The first-order valence-corrected chi connectivity index (χ1v) is 15.8. The van der Waals surface area contributed by atoms with Gasteiger partial charge in [-0.1, -0.05) is 38.1 Å². The van der Waals surface area contributed by atoms with E-state index in [4.69, 9.17) is 10.2 Å². The Bertz CT molecular complexity index is 1220. The van der Waals surface area contributed by atoms with Crippen LogP contribution >= 0.6 is 36.2 Å². The summed E-state index contributed by atoms with van der Waals surface area (Å²) in [5, 5.41) is 44.6. The van der Waals surface area contributed by atoms with Gasteiger partial charge in [-0.3, -0.25) is 4.79 Å². The van der Waals surface area contributed by atoms with E-state index < -0.39 is 5.97 Å². The largest absolute Gasteiger partial charge is 0.480 e. The maximum absolute atomic E-state index is 11.2. The van der Waals surface area contributed by atoms with E-state index in [0.29, 0.717) is 6.42 Å². The third kappa shape index (κ3) is 8.69. The van der Waals surface area contributed by atoms with Gasteiger partial charge >= 0.3 is 5.97 Å². The van der Waals surface area contributed by atoms with E-state index in [0.717, 1.165) is 58.9 Å². The van der Waals surface area contributed by atoms with Crippen LogP contribution in [0.5, 0.6) is 0 Å². The Labute approximate surface area is 239 Å². The van der Waals surface area contributed by atoms with Crippen LogP contribution in [0.2, 0.25) is 0 Å². The molecule has 5 N–H and O–H groups in total. The minimum Gasteiger partial charge on any atom is -0.480 e. The summed E-state index contributed by atoms with van der Waals surface area (Å²) >= 11 is 7.38. The van der Waals surface area contributed by atoms with Gasteiger partial charge in [-0.05, 0) is 76.1 Å². The van der Waals surface area contributed by atoms with E-state index in [9.17, 15) is 15.0 Å². The van der Waals surface area contributed by atoms with Crippen molar-refractivity contribution in [2.45, 2.75) is 50.8 Å². The summed E-state index contributed by atoms with van der Waals surface area (Å²) in [7, 11) is 0. The number of carboxylic acids is 1. The Kier molecular flexibility index (Phi) is 15.3. The zero-order valence-electron chi connectivity index (χ0n) is 22.3. The molecule has 3 aromatic carbocycles. The summed E-state index contributed by atoms with van der Waals surface area (Å²) in [6, 6.07) is 10.8. The average molecular weight is 580 g/mol. The zero-order valence-corrected chi connectivity index (χ0v) is 24.9. The molecule has 210 valence electrons. The molecule has 0 atom stereocenters. The van der Waals surface area contributed by atoms with Gasteiger partial charge in [0.1, 0.15) is 6.54 Å². The number of hydrogen-bond acceptors (Lipinski definition) is 8. The molecule has 0 fully saturated rings. The number of aliphatic hydroxyl groups excluding tert-OH is 3. The number of aliphatic carboxylic acids is 1. The van der Waals surface area contributed by atoms with Gasteiger partial charge in [-0.2, -0.15) is 12.6 Å². The van der Waals surface area contributed by atoms with Crippen molar-refractivity contribution < 1.29 is 25.2 Å². The van der Waals surface area contributed by atoms with Gasteiger partial charge in [-0.25, -0.2) is 0 Å². The van der Waals surface area contributed by atoms with Crippen molar-refractivity contribution >= 4 is 74.3 Å². The molecule has 4 rings (SSSR count). The van der Waals surface area contributed by atoms with Crippen LogP contribution in [0.3, 0.4) is 0 Å². The molecule has 0 bridgehead atoms. The number of carbonyl (C=O) groups is 1. The molecule has 0 saturated heterocycles.